The summed E-state index contributed by atoms with van der Waals surface area (Å²) in [7, 11) is -3.37. The molecule has 0 aliphatic carbocycles. The summed E-state index contributed by atoms with van der Waals surface area (Å²) >= 11 is 0. The molecule has 0 fully saturated rings. The average Bonchev–Trinajstić information content (AvgIpc) is 2.05. The van der Waals surface area contributed by atoms with Gasteiger partial charge in [-0.1, -0.05) is 0 Å². The molecule has 0 aromatic rings. The monoisotopic (exact) mass is 201 g/mol. The third-order valence-electron chi connectivity index (χ3n) is 1.72. The van der Waals surface area contributed by atoms with E-state index in [0.717, 1.165) is 12.7 Å². The van der Waals surface area contributed by atoms with Gasteiger partial charge in [-0.05, 0) is 6.42 Å². The van der Waals surface area contributed by atoms with E-state index in [-0.39, 0.29) is 5.84 Å². The summed E-state index contributed by atoms with van der Waals surface area (Å²) < 4.78 is 22.2. The molecular formula is C7H11N3O2S. The van der Waals surface area contributed by atoms with Gasteiger partial charge in [0.1, 0.15) is 5.84 Å². The van der Waals surface area contributed by atoms with Crippen LogP contribution in [-0.4, -0.2) is 38.8 Å². The molecule has 0 saturated carbocycles. The fourth-order valence-electron chi connectivity index (χ4n) is 1.09. The summed E-state index contributed by atoms with van der Waals surface area (Å²) in [5.41, 5.74) is 0. The molecule has 6 heteroatoms. The first-order valence-corrected chi connectivity index (χ1v) is 5.88. The number of nitriles is 1. The lowest BCUT2D eigenvalue weighted by molar-refractivity contribution is 0.600. The molecule has 1 unspecified atom stereocenters. The Balaban J connectivity index is 2.91. The molecule has 1 aliphatic heterocycles. The molecule has 13 heavy (non-hydrogen) atoms. The molecule has 0 bridgehead atoms. The van der Waals surface area contributed by atoms with Gasteiger partial charge in [0.25, 0.3) is 0 Å². The molecule has 1 N–H and O–H groups in total. The van der Waals surface area contributed by atoms with E-state index in [9.17, 15) is 8.42 Å². The first-order chi connectivity index (χ1) is 6.05. The zero-order chi connectivity index (χ0) is 9.90. The van der Waals surface area contributed by atoms with Gasteiger partial charge >= 0.3 is 0 Å². The van der Waals surface area contributed by atoms with Gasteiger partial charge in [-0.15, -0.1) is 0 Å². The highest BCUT2D eigenvalue weighted by molar-refractivity contribution is 7.92. The zero-order valence-electron chi connectivity index (χ0n) is 7.32. The van der Waals surface area contributed by atoms with Crippen molar-refractivity contribution in [3.63, 3.8) is 0 Å². The van der Waals surface area contributed by atoms with Gasteiger partial charge in [-0.2, -0.15) is 5.26 Å². The van der Waals surface area contributed by atoms with Crippen molar-refractivity contribution in [1.29, 1.82) is 5.26 Å². The first kappa shape index (κ1) is 9.99. The van der Waals surface area contributed by atoms with Crippen molar-refractivity contribution in [3.05, 3.63) is 0 Å². The molecule has 0 saturated heterocycles. The van der Waals surface area contributed by atoms with Crippen LogP contribution in [0.3, 0.4) is 0 Å². The lowest BCUT2D eigenvalue weighted by Gasteiger charge is -2.16. The van der Waals surface area contributed by atoms with Crippen LogP contribution in [0, 0.1) is 11.3 Å². The van der Waals surface area contributed by atoms with E-state index >= 15 is 0 Å². The summed E-state index contributed by atoms with van der Waals surface area (Å²) in [5.74, 6) is 0.288. The van der Waals surface area contributed by atoms with Crippen molar-refractivity contribution in [3.8, 4) is 6.07 Å². The smallest absolute Gasteiger partial charge is 0.204 e. The van der Waals surface area contributed by atoms with Crippen LogP contribution in [0.2, 0.25) is 0 Å². The van der Waals surface area contributed by atoms with Gasteiger partial charge in [0.2, 0.25) is 5.25 Å². The van der Waals surface area contributed by atoms with Crippen LogP contribution in [-0.2, 0) is 9.84 Å². The second-order valence-corrected chi connectivity index (χ2v) is 5.02. The number of rotatable bonds is 2. The van der Waals surface area contributed by atoms with Crippen LogP contribution in [0.25, 0.3) is 0 Å². The van der Waals surface area contributed by atoms with Crippen LogP contribution >= 0.6 is 0 Å². The van der Waals surface area contributed by atoms with E-state index in [1.54, 1.807) is 6.07 Å². The van der Waals surface area contributed by atoms with Crippen LogP contribution < -0.4 is 5.32 Å². The Morgan fingerprint density at radius 1 is 1.69 bits per heavy atom. The molecule has 1 atom stereocenters. The van der Waals surface area contributed by atoms with Gasteiger partial charge in [0.15, 0.2) is 9.84 Å². The quantitative estimate of drug-likeness (QED) is 0.641. The van der Waals surface area contributed by atoms with Crippen LogP contribution in [0.15, 0.2) is 4.99 Å². The Kier molecular flexibility index (Phi) is 2.88. The molecule has 0 aromatic heterocycles. The molecular weight excluding hydrogens is 190 g/mol. The fraction of sp³-hybridized carbons (Fsp3) is 0.714. The predicted molar refractivity (Wildman–Crippen MR) is 49.2 cm³/mol. The number of aliphatic imine (C=N–C) groups is 1. The topological polar surface area (TPSA) is 82.3 Å². The largest absolute Gasteiger partial charge is 0.372 e. The minimum absolute atomic E-state index is 0.288. The molecule has 0 amide bonds. The van der Waals surface area contributed by atoms with Gasteiger partial charge < -0.3 is 5.32 Å². The Morgan fingerprint density at radius 2 is 2.38 bits per heavy atom. The molecule has 0 radical (unpaired) electrons. The molecule has 0 aromatic carbocycles. The lowest BCUT2D eigenvalue weighted by Crippen LogP contribution is -2.41. The van der Waals surface area contributed by atoms with Crippen LogP contribution in [0.5, 0.6) is 0 Å². The van der Waals surface area contributed by atoms with E-state index in [2.05, 4.69) is 10.3 Å². The average molecular weight is 201 g/mol. The van der Waals surface area contributed by atoms with Gasteiger partial charge in [-0.25, -0.2) is 8.42 Å². The van der Waals surface area contributed by atoms with Crippen molar-refractivity contribution in [2.45, 2.75) is 11.7 Å². The molecule has 5 nitrogen and oxygen atoms in total. The minimum atomic E-state index is -3.37. The molecule has 72 valence electrons. The van der Waals surface area contributed by atoms with Crippen LogP contribution in [0.1, 0.15) is 6.42 Å². The molecule has 1 rings (SSSR count). The predicted octanol–water partition coefficient (Wildman–Crippen LogP) is -0.685. The Labute approximate surface area is 77.4 Å². The second kappa shape index (κ2) is 3.75. The second-order valence-electron chi connectivity index (χ2n) is 2.89. The summed E-state index contributed by atoms with van der Waals surface area (Å²) in [4.78, 5) is 3.97. The molecule has 1 aliphatic rings. The van der Waals surface area contributed by atoms with Gasteiger partial charge in [0, 0.05) is 19.3 Å². The maximum Gasteiger partial charge on any atom is 0.204 e. The van der Waals surface area contributed by atoms with Gasteiger partial charge in [-0.3, -0.25) is 4.99 Å². The van der Waals surface area contributed by atoms with Gasteiger partial charge in [0.05, 0.1) is 6.07 Å². The van der Waals surface area contributed by atoms with E-state index in [1.807, 2.05) is 0 Å². The van der Waals surface area contributed by atoms with E-state index in [0.29, 0.717) is 13.1 Å². The maximum absolute atomic E-state index is 11.1. The zero-order valence-corrected chi connectivity index (χ0v) is 8.13. The SMILES string of the molecule is CS(=O)(=O)C(C#N)C1=NCCCN1. The number of nitrogens with zero attached hydrogens (tertiary/aromatic N) is 2. The maximum atomic E-state index is 11.1. The van der Waals surface area contributed by atoms with E-state index in [1.165, 1.54) is 0 Å². The highest BCUT2D eigenvalue weighted by Crippen LogP contribution is 2.02. The van der Waals surface area contributed by atoms with E-state index in [4.69, 9.17) is 5.26 Å². The summed E-state index contributed by atoms with van der Waals surface area (Å²) in [6.45, 7) is 1.28. The Bertz CT molecular complexity index is 352. The van der Waals surface area contributed by atoms with Crippen molar-refractivity contribution in [2.24, 2.45) is 4.99 Å². The highest BCUT2D eigenvalue weighted by Gasteiger charge is 2.27. The fourth-order valence-corrected chi connectivity index (χ4v) is 1.84. The third-order valence-corrected chi connectivity index (χ3v) is 2.90. The summed E-state index contributed by atoms with van der Waals surface area (Å²) in [6, 6.07) is 1.73. The minimum Gasteiger partial charge on any atom is -0.372 e. The molecule has 1 heterocycles. The van der Waals surface area contributed by atoms with Crippen LogP contribution in [0.4, 0.5) is 0 Å². The summed E-state index contributed by atoms with van der Waals surface area (Å²) in [5, 5.41) is 10.4. The normalized spacial score (nSPS) is 19.5. The number of amidine groups is 1. The highest BCUT2D eigenvalue weighted by atomic mass is 32.2. The Morgan fingerprint density at radius 3 is 2.77 bits per heavy atom. The standard InChI is InChI=1S/C7H11N3O2S/c1-13(11,12)6(5-8)7-9-3-2-4-10-7/h6H,2-4H2,1H3,(H,9,10). The number of sulfone groups is 1. The van der Waals surface area contributed by atoms with E-state index < -0.39 is 15.1 Å². The van der Waals surface area contributed by atoms with Crippen molar-refractivity contribution in [1.82, 2.24) is 5.32 Å². The number of nitrogens with one attached hydrogen (secondary N) is 1. The number of hydrogen-bond donors (Lipinski definition) is 1. The molecule has 0 spiro atoms. The van der Waals surface area contributed by atoms with Crippen molar-refractivity contribution >= 4 is 15.7 Å². The Hall–Kier alpha value is -1.09. The first-order valence-electron chi connectivity index (χ1n) is 3.92. The number of hydrogen-bond acceptors (Lipinski definition) is 5. The van der Waals surface area contributed by atoms with Crippen molar-refractivity contribution in [2.75, 3.05) is 19.3 Å². The van der Waals surface area contributed by atoms with Crippen molar-refractivity contribution < 1.29 is 8.42 Å². The lowest BCUT2D eigenvalue weighted by atomic mass is 10.3. The summed E-state index contributed by atoms with van der Waals surface area (Å²) in [6.07, 6.45) is 1.92. The third kappa shape index (κ3) is 2.42.